The Morgan fingerprint density at radius 3 is 2.86 bits per heavy atom. The number of rotatable bonds is 5. The molecule has 1 aliphatic rings. The Labute approximate surface area is 167 Å². The van der Waals surface area contributed by atoms with E-state index in [1.54, 1.807) is 4.90 Å². The zero-order valence-electron chi connectivity index (χ0n) is 15.3. The number of amides is 1. The van der Waals surface area contributed by atoms with Crippen molar-refractivity contribution in [2.45, 2.75) is 31.9 Å². The Morgan fingerprint density at radius 2 is 2.14 bits per heavy atom. The number of aromatic nitrogens is 4. The highest BCUT2D eigenvalue weighted by atomic mass is 32.1. The first-order chi connectivity index (χ1) is 13.9. The summed E-state index contributed by atoms with van der Waals surface area (Å²) in [5.41, 5.74) is 0.153. The van der Waals surface area contributed by atoms with Crippen molar-refractivity contribution in [1.29, 1.82) is 0 Å². The molecule has 1 aliphatic heterocycles. The van der Waals surface area contributed by atoms with Gasteiger partial charge < -0.3 is 9.42 Å². The quantitative estimate of drug-likeness (QED) is 0.621. The van der Waals surface area contributed by atoms with Gasteiger partial charge in [-0.3, -0.25) is 4.79 Å². The second kappa shape index (κ2) is 7.54. The predicted molar refractivity (Wildman–Crippen MR) is 97.3 cm³/mol. The van der Waals surface area contributed by atoms with E-state index in [1.807, 2.05) is 6.92 Å². The number of alkyl halides is 3. The number of benzene rings is 1. The highest BCUT2D eigenvalue weighted by Crippen LogP contribution is 2.33. The summed E-state index contributed by atoms with van der Waals surface area (Å²) in [5.74, 6) is 0.115. The minimum atomic E-state index is -4.44. The largest absolute Gasteiger partial charge is 0.416 e. The van der Waals surface area contributed by atoms with E-state index in [9.17, 15) is 18.0 Å². The summed E-state index contributed by atoms with van der Waals surface area (Å²) < 4.78 is 47.7. The lowest BCUT2D eigenvalue weighted by Gasteiger charge is -2.36. The van der Waals surface area contributed by atoms with Crippen LogP contribution >= 0.6 is 11.5 Å². The topological polar surface area (TPSA) is 85.0 Å². The molecule has 0 radical (unpaired) electrons. The van der Waals surface area contributed by atoms with Gasteiger partial charge in [0.25, 0.3) is 5.91 Å². The summed E-state index contributed by atoms with van der Waals surface area (Å²) in [6.45, 7) is 2.80. The van der Waals surface area contributed by atoms with Crippen LogP contribution in [0.4, 0.5) is 13.2 Å². The van der Waals surface area contributed by atoms with Gasteiger partial charge in [-0.2, -0.15) is 18.2 Å². The molecule has 0 bridgehead atoms. The van der Waals surface area contributed by atoms with Gasteiger partial charge in [0.2, 0.25) is 11.7 Å². The summed E-state index contributed by atoms with van der Waals surface area (Å²) in [7, 11) is 0. The third-order valence-corrected chi connectivity index (χ3v) is 5.40. The summed E-state index contributed by atoms with van der Waals surface area (Å²) in [6, 6.07) is 4.76. The smallest absolute Gasteiger partial charge is 0.339 e. The molecule has 1 amide bonds. The molecule has 2 aromatic heterocycles. The van der Waals surface area contributed by atoms with Crippen LogP contribution in [0.1, 0.15) is 46.1 Å². The Balaban J connectivity index is 1.43. The standard InChI is InChI=1S/C18H16F3N5O2S/c1-2-4-13-14(29-25-23-13)17(27)26-8-11(9-26)16-22-15(24-28-16)10-5-3-6-12(7-10)18(19,20)21/h3,5-7,11H,2,4,8-9H2,1H3. The molecule has 0 N–H and O–H groups in total. The minimum Gasteiger partial charge on any atom is -0.339 e. The molecule has 0 aliphatic carbocycles. The maximum atomic E-state index is 12.9. The second-order valence-corrected chi connectivity index (χ2v) is 7.49. The molecule has 0 atom stereocenters. The second-order valence-electron chi connectivity index (χ2n) is 6.74. The number of carbonyl (C=O) groups is 1. The van der Waals surface area contributed by atoms with E-state index >= 15 is 0 Å². The van der Waals surface area contributed by atoms with Crippen LogP contribution in [-0.4, -0.2) is 43.6 Å². The maximum Gasteiger partial charge on any atom is 0.416 e. The molecule has 0 saturated carbocycles. The van der Waals surface area contributed by atoms with Crippen molar-refractivity contribution in [2.75, 3.05) is 13.1 Å². The Hall–Kier alpha value is -2.82. The molecule has 1 fully saturated rings. The number of nitrogens with zero attached hydrogens (tertiary/aromatic N) is 5. The number of aryl methyl sites for hydroxylation is 1. The molecule has 1 aromatic carbocycles. The van der Waals surface area contributed by atoms with Crippen LogP contribution in [0, 0.1) is 0 Å². The Bertz CT molecular complexity index is 1030. The zero-order valence-corrected chi connectivity index (χ0v) is 16.1. The molecule has 4 rings (SSSR count). The van der Waals surface area contributed by atoms with E-state index in [0.29, 0.717) is 36.0 Å². The van der Waals surface area contributed by atoms with E-state index in [-0.39, 0.29) is 23.2 Å². The molecule has 29 heavy (non-hydrogen) atoms. The lowest BCUT2D eigenvalue weighted by atomic mass is 9.99. The monoisotopic (exact) mass is 423 g/mol. The number of carbonyl (C=O) groups excluding carboxylic acids is 1. The fraction of sp³-hybridized carbons (Fsp3) is 0.389. The van der Waals surface area contributed by atoms with Gasteiger partial charge in [-0.25, -0.2) is 0 Å². The lowest BCUT2D eigenvalue weighted by molar-refractivity contribution is -0.137. The Morgan fingerprint density at radius 1 is 1.34 bits per heavy atom. The van der Waals surface area contributed by atoms with Crippen molar-refractivity contribution in [2.24, 2.45) is 0 Å². The molecular formula is C18H16F3N5O2S. The van der Waals surface area contributed by atoms with E-state index in [0.717, 1.165) is 30.1 Å². The minimum absolute atomic E-state index is 0.0905. The van der Waals surface area contributed by atoms with Crippen LogP contribution in [0.2, 0.25) is 0 Å². The normalized spacial score (nSPS) is 14.8. The number of halogens is 3. The number of hydrogen-bond acceptors (Lipinski definition) is 7. The van der Waals surface area contributed by atoms with Crippen LogP contribution < -0.4 is 0 Å². The molecule has 0 spiro atoms. The van der Waals surface area contributed by atoms with Gasteiger partial charge in [0, 0.05) is 18.7 Å². The first-order valence-electron chi connectivity index (χ1n) is 8.98. The maximum absolute atomic E-state index is 12.9. The molecule has 3 aromatic rings. The van der Waals surface area contributed by atoms with Crippen molar-refractivity contribution < 1.29 is 22.5 Å². The predicted octanol–water partition coefficient (Wildman–Crippen LogP) is 3.80. The highest BCUT2D eigenvalue weighted by molar-refractivity contribution is 7.08. The zero-order chi connectivity index (χ0) is 20.6. The van der Waals surface area contributed by atoms with Crippen molar-refractivity contribution in [3.05, 3.63) is 46.3 Å². The number of likely N-dealkylation sites (tertiary alicyclic amines) is 1. The highest BCUT2D eigenvalue weighted by Gasteiger charge is 2.37. The van der Waals surface area contributed by atoms with Gasteiger partial charge in [-0.15, -0.1) is 5.10 Å². The van der Waals surface area contributed by atoms with Gasteiger partial charge in [-0.05, 0) is 30.1 Å². The lowest BCUT2D eigenvalue weighted by Crippen LogP contribution is -2.48. The van der Waals surface area contributed by atoms with Crippen molar-refractivity contribution in [3.63, 3.8) is 0 Å². The van der Waals surface area contributed by atoms with E-state index in [2.05, 4.69) is 19.7 Å². The molecule has 0 unspecified atom stereocenters. The van der Waals surface area contributed by atoms with Crippen LogP contribution in [0.15, 0.2) is 28.8 Å². The summed E-state index contributed by atoms with van der Waals surface area (Å²) >= 11 is 1.08. The van der Waals surface area contributed by atoms with E-state index in [4.69, 9.17) is 4.52 Å². The van der Waals surface area contributed by atoms with E-state index < -0.39 is 11.7 Å². The molecule has 7 nitrogen and oxygen atoms in total. The summed E-state index contributed by atoms with van der Waals surface area (Å²) in [4.78, 5) is 19.0. The van der Waals surface area contributed by atoms with Crippen molar-refractivity contribution in [3.8, 4) is 11.4 Å². The summed E-state index contributed by atoms with van der Waals surface area (Å²) in [5, 5.41) is 7.80. The fourth-order valence-electron chi connectivity index (χ4n) is 3.07. The first kappa shape index (κ1) is 19.5. The molecule has 3 heterocycles. The average Bonchev–Trinajstić information content (AvgIpc) is 3.30. The van der Waals surface area contributed by atoms with Crippen LogP contribution in [0.3, 0.4) is 0 Å². The van der Waals surface area contributed by atoms with E-state index in [1.165, 1.54) is 12.1 Å². The number of hydrogen-bond donors (Lipinski definition) is 0. The van der Waals surface area contributed by atoms with Gasteiger partial charge in [-0.1, -0.05) is 35.1 Å². The fourth-order valence-corrected chi connectivity index (χ4v) is 3.75. The van der Waals surface area contributed by atoms with Gasteiger partial charge in [0.15, 0.2) is 0 Å². The SMILES string of the molecule is CCCc1nnsc1C(=O)N1CC(c2nc(-c3cccc(C(F)(F)F)c3)no2)C1. The van der Waals surface area contributed by atoms with Gasteiger partial charge >= 0.3 is 6.18 Å². The van der Waals surface area contributed by atoms with Crippen molar-refractivity contribution in [1.82, 2.24) is 24.6 Å². The molecule has 1 saturated heterocycles. The van der Waals surface area contributed by atoms with Gasteiger partial charge in [0.05, 0.1) is 17.2 Å². The molecule has 152 valence electrons. The van der Waals surface area contributed by atoms with Crippen molar-refractivity contribution >= 4 is 17.4 Å². The van der Waals surface area contributed by atoms with Crippen LogP contribution in [-0.2, 0) is 12.6 Å². The third-order valence-electron chi connectivity index (χ3n) is 4.64. The third kappa shape index (κ3) is 3.86. The van der Waals surface area contributed by atoms with Crippen LogP contribution in [0.5, 0.6) is 0 Å². The molecular weight excluding hydrogens is 407 g/mol. The summed E-state index contributed by atoms with van der Waals surface area (Å²) in [6.07, 6.45) is -2.88. The average molecular weight is 423 g/mol. The Kier molecular flexibility index (Phi) is 5.07. The first-order valence-corrected chi connectivity index (χ1v) is 9.76. The van der Waals surface area contributed by atoms with Crippen LogP contribution in [0.25, 0.3) is 11.4 Å². The molecule has 11 heteroatoms. The van der Waals surface area contributed by atoms with Gasteiger partial charge in [0.1, 0.15) is 4.88 Å².